The monoisotopic (exact) mass is 170 g/mol. The van der Waals surface area contributed by atoms with Crippen molar-refractivity contribution < 1.29 is 4.79 Å². The van der Waals surface area contributed by atoms with Crippen LogP contribution < -0.4 is 0 Å². The van der Waals surface area contributed by atoms with Crippen LogP contribution in [0.15, 0.2) is 0 Å². The fourth-order valence-electron chi connectivity index (χ4n) is 1.88. The minimum absolute atomic E-state index is 0.194. The molecular formula is C9H18N2O. The molecule has 2 atom stereocenters. The first-order valence-electron chi connectivity index (χ1n) is 4.70. The number of amides is 2. The molecule has 0 saturated carbocycles. The van der Waals surface area contributed by atoms with Crippen LogP contribution in [0.25, 0.3) is 0 Å². The molecule has 1 saturated heterocycles. The molecule has 1 fully saturated rings. The normalized spacial score (nSPS) is 30.2. The van der Waals surface area contributed by atoms with Gasteiger partial charge in [-0.3, -0.25) is 0 Å². The Morgan fingerprint density at radius 2 is 1.42 bits per heavy atom. The molecule has 70 valence electrons. The van der Waals surface area contributed by atoms with E-state index in [-0.39, 0.29) is 6.03 Å². The molecule has 1 aliphatic rings. The maximum Gasteiger partial charge on any atom is 0.320 e. The van der Waals surface area contributed by atoms with Gasteiger partial charge in [0.25, 0.3) is 0 Å². The van der Waals surface area contributed by atoms with Crippen molar-refractivity contribution in [2.75, 3.05) is 13.1 Å². The number of carbonyl (C=O) groups excluding carboxylic acids is 1. The van der Waals surface area contributed by atoms with Crippen molar-refractivity contribution in [1.82, 2.24) is 9.80 Å². The van der Waals surface area contributed by atoms with Crippen molar-refractivity contribution in [2.24, 2.45) is 0 Å². The van der Waals surface area contributed by atoms with E-state index in [9.17, 15) is 4.79 Å². The number of urea groups is 1. The smallest absolute Gasteiger partial charge is 0.320 e. The van der Waals surface area contributed by atoms with E-state index < -0.39 is 0 Å². The predicted molar refractivity (Wildman–Crippen MR) is 49.1 cm³/mol. The highest BCUT2D eigenvalue weighted by atomic mass is 16.2. The van der Waals surface area contributed by atoms with E-state index >= 15 is 0 Å². The van der Waals surface area contributed by atoms with Gasteiger partial charge < -0.3 is 9.80 Å². The zero-order chi connectivity index (χ0) is 9.30. The molecule has 0 aromatic rings. The standard InChI is InChI=1S/C9H18N2O/c1-5-10-7(3)8(4)11(6-2)9(10)12/h7-8H,5-6H2,1-4H3. The van der Waals surface area contributed by atoms with Gasteiger partial charge in [-0.1, -0.05) is 0 Å². The largest absolute Gasteiger partial charge is 0.320 e. The number of rotatable bonds is 2. The first kappa shape index (κ1) is 9.36. The lowest BCUT2D eigenvalue weighted by Gasteiger charge is -2.19. The fourth-order valence-corrected chi connectivity index (χ4v) is 1.88. The van der Waals surface area contributed by atoms with E-state index in [0.717, 1.165) is 13.1 Å². The van der Waals surface area contributed by atoms with Gasteiger partial charge in [0, 0.05) is 13.1 Å². The SMILES string of the molecule is CCN1C(=O)N(CC)C(C)C1C. The maximum atomic E-state index is 11.6. The molecule has 1 aliphatic heterocycles. The average Bonchev–Trinajstić information content (AvgIpc) is 2.25. The van der Waals surface area contributed by atoms with Crippen LogP contribution in [0.3, 0.4) is 0 Å². The molecule has 0 bridgehead atoms. The molecule has 0 aromatic carbocycles. The van der Waals surface area contributed by atoms with E-state index in [4.69, 9.17) is 0 Å². The Balaban J connectivity index is 2.78. The van der Waals surface area contributed by atoms with Gasteiger partial charge in [-0.2, -0.15) is 0 Å². The second-order valence-electron chi connectivity index (χ2n) is 3.34. The Hall–Kier alpha value is -0.730. The molecule has 0 spiro atoms. The molecule has 1 rings (SSSR count). The highest BCUT2D eigenvalue weighted by molar-refractivity contribution is 5.77. The Labute approximate surface area is 74.3 Å². The Morgan fingerprint density at radius 1 is 1.08 bits per heavy atom. The summed E-state index contributed by atoms with van der Waals surface area (Å²) in [5, 5.41) is 0. The second-order valence-corrected chi connectivity index (χ2v) is 3.34. The van der Waals surface area contributed by atoms with E-state index in [1.807, 2.05) is 23.6 Å². The molecule has 12 heavy (non-hydrogen) atoms. The van der Waals surface area contributed by atoms with Crippen LogP contribution in [0.5, 0.6) is 0 Å². The van der Waals surface area contributed by atoms with Crippen molar-refractivity contribution >= 4 is 6.03 Å². The number of hydrogen-bond donors (Lipinski definition) is 0. The Bertz CT molecular complexity index is 163. The minimum Gasteiger partial charge on any atom is -0.320 e. The first-order valence-corrected chi connectivity index (χ1v) is 4.70. The van der Waals surface area contributed by atoms with Crippen LogP contribution in [-0.4, -0.2) is 41.0 Å². The van der Waals surface area contributed by atoms with E-state index in [2.05, 4.69) is 13.8 Å². The summed E-state index contributed by atoms with van der Waals surface area (Å²) in [7, 11) is 0. The van der Waals surface area contributed by atoms with Gasteiger partial charge >= 0.3 is 6.03 Å². The van der Waals surface area contributed by atoms with Gasteiger partial charge in [0.2, 0.25) is 0 Å². The van der Waals surface area contributed by atoms with Crippen LogP contribution >= 0.6 is 0 Å². The third kappa shape index (κ3) is 1.17. The Morgan fingerprint density at radius 3 is 1.58 bits per heavy atom. The summed E-state index contributed by atoms with van der Waals surface area (Å²) in [6.45, 7) is 9.92. The van der Waals surface area contributed by atoms with Crippen molar-refractivity contribution in [1.29, 1.82) is 0 Å². The van der Waals surface area contributed by atoms with Crippen molar-refractivity contribution in [3.8, 4) is 0 Å². The van der Waals surface area contributed by atoms with Crippen LogP contribution in [0, 0.1) is 0 Å². The van der Waals surface area contributed by atoms with Gasteiger partial charge in [-0.15, -0.1) is 0 Å². The molecule has 2 amide bonds. The summed E-state index contributed by atoms with van der Waals surface area (Å²) in [6.07, 6.45) is 0. The number of carbonyl (C=O) groups is 1. The van der Waals surface area contributed by atoms with Crippen LogP contribution in [0.1, 0.15) is 27.7 Å². The highest BCUT2D eigenvalue weighted by Gasteiger charge is 2.38. The average molecular weight is 170 g/mol. The van der Waals surface area contributed by atoms with Gasteiger partial charge in [0.05, 0.1) is 12.1 Å². The molecule has 0 radical (unpaired) electrons. The number of hydrogen-bond acceptors (Lipinski definition) is 1. The molecule has 3 nitrogen and oxygen atoms in total. The second kappa shape index (κ2) is 3.33. The Kier molecular flexibility index (Phi) is 2.60. The van der Waals surface area contributed by atoms with Gasteiger partial charge in [0.15, 0.2) is 0 Å². The summed E-state index contributed by atoms with van der Waals surface area (Å²) in [5.41, 5.74) is 0. The van der Waals surface area contributed by atoms with Crippen LogP contribution in [0.2, 0.25) is 0 Å². The van der Waals surface area contributed by atoms with Gasteiger partial charge in [0.1, 0.15) is 0 Å². The number of nitrogens with zero attached hydrogens (tertiary/aromatic N) is 2. The summed E-state index contributed by atoms with van der Waals surface area (Å²) in [6, 6.07) is 0.921. The summed E-state index contributed by atoms with van der Waals surface area (Å²) in [4.78, 5) is 15.5. The molecule has 2 unspecified atom stereocenters. The van der Waals surface area contributed by atoms with Gasteiger partial charge in [-0.05, 0) is 27.7 Å². The quantitative estimate of drug-likeness (QED) is 0.616. The highest BCUT2D eigenvalue weighted by Crippen LogP contribution is 2.21. The van der Waals surface area contributed by atoms with Crippen LogP contribution in [-0.2, 0) is 0 Å². The van der Waals surface area contributed by atoms with Crippen LogP contribution in [0.4, 0.5) is 4.79 Å². The predicted octanol–water partition coefficient (Wildman–Crippen LogP) is 1.54. The summed E-state index contributed by atoms with van der Waals surface area (Å²) >= 11 is 0. The molecule has 0 aliphatic carbocycles. The molecule has 3 heteroatoms. The van der Waals surface area contributed by atoms with Crippen molar-refractivity contribution in [2.45, 2.75) is 39.8 Å². The van der Waals surface area contributed by atoms with E-state index in [1.165, 1.54) is 0 Å². The molecule has 1 heterocycles. The first-order chi connectivity index (χ1) is 5.63. The summed E-state index contributed by atoms with van der Waals surface area (Å²) in [5.74, 6) is 0. The van der Waals surface area contributed by atoms with Gasteiger partial charge in [-0.25, -0.2) is 4.79 Å². The topological polar surface area (TPSA) is 23.6 Å². The van der Waals surface area contributed by atoms with Crippen molar-refractivity contribution in [3.63, 3.8) is 0 Å². The summed E-state index contributed by atoms with van der Waals surface area (Å²) < 4.78 is 0. The maximum absolute atomic E-state index is 11.6. The molecular weight excluding hydrogens is 152 g/mol. The lowest BCUT2D eigenvalue weighted by molar-refractivity contribution is 0.189. The minimum atomic E-state index is 0.194. The lowest BCUT2D eigenvalue weighted by Crippen LogP contribution is -2.33. The molecule has 0 aromatic heterocycles. The molecule has 0 N–H and O–H groups in total. The third-order valence-corrected chi connectivity index (χ3v) is 2.85. The zero-order valence-corrected chi connectivity index (χ0v) is 8.37. The van der Waals surface area contributed by atoms with E-state index in [1.54, 1.807) is 0 Å². The fraction of sp³-hybridized carbons (Fsp3) is 0.889. The third-order valence-electron chi connectivity index (χ3n) is 2.85. The van der Waals surface area contributed by atoms with E-state index in [0.29, 0.717) is 12.1 Å². The zero-order valence-electron chi connectivity index (χ0n) is 8.37. The number of likely N-dealkylation sites (N-methyl/N-ethyl adjacent to an activating group) is 2. The lowest BCUT2D eigenvalue weighted by atomic mass is 10.2. The van der Waals surface area contributed by atoms with Crippen molar-refractivity contribution in [3.05, 3.63) is 0 Å².